The second-order valence-corrected chi connectivity index (χ2v) is 7.42. The highest BCUT2D eigenvalue weighted by molar-refractivity contribution is 7.09. The largest absolute Gasteiger partial charge is 0.376 e. The summed E-state index contributed by atoms with van der Waals surface area (Å²) in [6.07, 6.45) is 0.907. The van der Waals surface area contributed by atoms with Gasteiger partial charge >= 0.3 is 0 Å². The van der Waals surface area contributed by atoms with Crippen LogP contribution in [0.25, 0.3) is 0 Å². The molecule has 142 valence electrons. The quantitative estimate of drug-likeness (QED) is 0.494. The Hall–Kier alpha value is -1.92. The third-order valence-electron chi connectivity index (χ3n) is 3.76. The summed E-state index contributed by atoms with van der Waals surface area (Å²) in [6.45, 7) is 10.0. The molecule has 0 aliphatic rings. The van der Waals surface area contributed by atoms with E-state index in [0.717, 1.165) is 42.7 Å². The van der Waals surface area contributed by atoms with Crippen LogP contribution < -0.4 is 10.6 Å². The Morgan fingerprint density at radius 3 is 2.77 bits per heavy atom. The van der Waals surface area contributed by atoms with Gasteiger partial charge in [-0.25, -0.2) is 4.98 Å². The topological polar surface area (TPSA) is 58.5 Å². The van der Waals surface area contributed by atoms with Crippen molar-refractivity contribution in [1.29, 1.82) is 0 Å². The van der Waals surface area contributed by atoms with Gasteiger partial charge in [-0.3, -0.25) is 4.99 Å². The first-order valence-electron chi connectivity index (χ1n) is 9.22. The number of guanidine groups is 1. The molecule has 1 aromatic heterocycles. The van der Waals surface area contributed by atoms with Crippen molar-refractivity contribution in [3.63, 3.8) is 0 Å². The van der Waals surface area contributed by atoms with Crippen LogP contribution in [0.2, 0.25) is 0 Å². The first-order chi connectivity index (χ1) is 12.7. The predicted molar refractivity (Wildman–Crippen MR) is 110 cm³/mol. The number of aromatic nitrogens is 1. The molecule has 0 aliphatic heterocycles. The van der Waals surface area contributed by atoms with Gasteiger partial charge in [0.05, 0.1) is 23.9 Å². The fourth-order valence-electron chi connectivity index (χ4n) is 2.43. The fraction of sp³-hybridized carbons (Fsp3) is 0.500. The van der Waals surface area contributed by atoms with Gasteiger partial charge < -0.3 is 15.4 Å². The highest BCUT2D eigenvalue weighted by atomic mass is 32.1. The van der Waals surface area contributed by atoms with Crippen LogP contribution in [-0.2, 0) is 17.8 Å². The summed E-state index contributed by atoms with van der Waals surface area (Å²) in [6, 6.07) is 10.3. The minimum absolute atomic E-state index is 0.371. The minimum atomic E-state index is 0.371. The van der Waals surface area contributed by atoms with Gasteiger partial charge in [-0.15, -0.1) is 11.3 Å². The van der Waals surface area contributed by atoms with E-state index in [1.807, 2.05) is 25.1 Å². The van der Waals surface area contributed by atoms with Crippen molar-refractivity contribution < 1.29 is 4.74 Å². The van der Waals surface area contributed by atoms with E-state index in [9.17, 15) is 0 Å². The van der Waals surface area contributed by atoms with E-state index in [2.05, 4.69) is 52.0 Å². The molecule has 1 atom stereocenters. The molecule has 0 saturated heterocycles. The van der Waals surface area contributed by atoms with Crippen LogP contribution in [0.5, 0.6) is 0 Å². The Balaban J connectivity index is 1.68. The smallest absolute Gasteiger partial charge is 0.191 e. The number of aryl methyl sites for hydroxylation is 1. The molecule has 26 heavy (non-hydrogen) atoms. The second kappa shape index (κ2) is 11.6. The van der Waals surface area contributed by atoms with E-state index in [1.165, 1.54) is 5.56 Å². The summed E-state index contributed by atoms with van der Waals surface area (Å²) in [5, 5.41) is 9.90. The van der Waals surface area contributed by atoms with Gasteiger partial charge in [0.15, 0.2) is 5.96 Å². The Morgan fingerprint density at radius 2 is 2.08 bits per heavy atom. The van der Waals surface area contributed by atoms with E-state index in [1.54, 1.807) is 11.3 Å². The van der Waals surface area contributed by atoms with Gasteiger partial charge in [0.25, 0.3) is 0 Å². The van der Waals surface area contributed by atoms with E-state index >= 15 is 0 Å². The number of hydrogen-bond acceptors (Lipinski definition) is 4. The number of aliphatic imine (C=N–C) groups is 1. The molecule has 1 heterocycles. The molecule has 0 bridgehead atoms. The highest BCUT2D eigenvalue weighted by Crippen LogP contribution is 2.07. The molecule has 0 amide bonds. The lowest BCUT2D eigenvalue weighted by Gasteiger charge is -2.13. The molecule has 0 spiro atoms. The molecule has 1 unspecified atom stereocenters. The zero-order valence-corrected chi connectivity index (χ0v) is 16.8. The molecule has 2 rings (SSSR count). The zero-order chi connectivity index (χ0) is 18.6. The molecule has 2 N–H and O–H groups in total. The fourth-order valence-corrected chi connectivity index (χ4v) is 3.07. The first kappa shape index (κ1) is 20.4. The molecule has 0 fully saturated rings. The standard InChI is InChI=1S/C20H30N4OS/c1-4-21-20(22-11-10-19-15-26-17(3)24-19)23-12-16(2)13-25-14-18-8-6-5-7-9-18/h5-9,15-16H,4,10-14H2,1-3H3,(H2,21,22,23). The van der Waals surface area contributed by atoms with Gasteiger partial charge in [0, 0.05) is 31.4 Å². The van der Waals surface area contributed by atoms with Gasteiger partial charge in [-0.1, -0.05) is 37.3 Å². The highest BCUT2D eigenvalue weighted by Gasteiger charge is 2.04. The van der Waals surface area contributed by atoms with Crippen molar-refractivity contribution in [2.24, 2.45) is 10.9 Å². The van der Waals surface area contributed by atoms with Crippen molar-refractivity contribution >= 4 is 17.3 Å². The summed E-state index contributed by atoms with van der Waals surface area (Å²) < 4.78 is 5.80. The predicted octanol–water partition coefficient (Wildman–Crippen LogP) is 3.40. The molecule has 0 saturated carbocycles. The van der Waals surface area contributed by atoms with Crippen LogP contribution in [0.4, 0.5) is 0 Å². The van der Waals surface area contributed by atoms with Crippen molar-refractivity contribution in [2.75, 3.05) is 26.2 Å². The Morgan fingerprint density at radius 1 is 1.27 bits per heavy atom. The lowest BCUT2D eigenvalue weighted by molar-refractivity contribution is 0.0945. The summed E-state index contributed by atoms with van der Waals surface area (Å²) >= 11 is 1.69. The van der Waals surface area contributed by atoms with Crippen molar-refractivity contribution in [3.8, 4) is 0 Å². The van der Waals surface area contributed by atoms with Crippen molar-refractivity contribution in [3.05, 3.63) is 52.0 Å². The summed E-state index contributed by atoms with van der Waals surface area (Å²) in [5.74, 6) is 1.23. The molecule has 5 nitrogen and oxygen atoms in total. The lowest BCUT2D eigenvalue weighted by atomic mass is 10.2. The van der Waals surface area contributed by atoms with E-state index in [-0.39, 0.29) is 0 Å². The Kier molecular flexibility index (Phi) is 9.14. The van der Waals surface area contributed by atoms with Crippen molar-refractivity contribution in [2.45, 2.75) is 33.8 Å². The maximum Gasteiger partial charge on any atom is 0.191 e. The van der Waals surface area contributed by atoms with Gasteiger partial charge in [-0.05, 0) is 25.3 Å². The maximum atomic E-state index is 5.80. The second-order valence-electron chi connectivity index (χ2n) is 6.36. The van der Waals surface area contributed by atoms with Gasteiger partial charge in [0.2, 0.25) is 0 Å². The Bertz CT molecular complexity index is 657. The molecular weight excluding hydrogens is 344 g/mol. The number of nitrogens with zero attached hydrogens (tertiary/aromatic N) is 2. The van der Waals surface area contributed by atoms with Crippen LogP contribution >= 0.6 is 11.3 Å². The van der Waals surface area contributed by atoms with E-state index < -0.39 is 0 Å². The zero-order valence-electron chi connectivity index (χ0n) is 16.0. The van der Waals surface area contributed by atoms with Gasteiger partial charge in [-0.2, -0.15) is 0 Å². The number of hydrogen-bond donors (Lipinski definition) is 2. The molecule has 0 radical (unpaired) electrons. The average Bonchev–Trinajstić information content (AvgIpc) is 3.06. The van der Waals surface area contributed by atoms with Crippen molar-refractivity contribution in [1.82, 2.24) is 15.6 Å². The minimum Gasteiger partial charge on any atom is -0.376 e. The number of ether oxygens (including phenoxy) is 1. The molecule has 1 aromatic carbocycles. The van der Waals surface area contributed by atoms with Crippen LogP contribution in [0, 0.1) is 12.8 Å². The number of thiazole rings is 1. The normalized spacial score (nSPS) is 12.8. The number of nitrogens with one attached hydrogen (secondary N) is 2. The lowest BCUT2D eigenvalue weighted by Crippen LogP contribution is -2.38. The molecular formula is C20H30N4OS. The van der Waals surface area contributed by atoms with Gasteiger partial charge in [0.1, 0.15) is 0 Å². The average molecular weight is 375 g/mol. The third kappa shape index (κ3) is 7.97. The van der Waals surface area contributed by atoms with E-state index in [4.69, 9.17) is 4.74 Å². The van der Waals surface area contributed by atoms with E-state index in [0.29, 0.717) is 19.1 Å². The van der Waals surface area contributed by atoms with Crippen LogP contribution in [0.1, 0.15) is 30.1 Å². The first-order valence-corrected chi connectivity index (χ1v) is 10.1. The molecule has 0 aliphatic carbocycles. The molecule has 6 heteroatoms. The van der Waals surface area contributed by atoms with Crippen LogP contribution in [0.3, 0.4) is 0 Å². The van der Waals surface area contributed by atoms with Crippen LogP contribution in [-0.4, -0.2) is 37.2 Å². The maximum absolute atomic E-state index is 5.80. The Labute approximate surface area is 160 Å². The number of benzene rings is 1. The number of rotatable bonds is 10. The molecule has 2 aromatic rings. The van der Waals surface area contributed by atoms with Crippen LogP contribution in [0.15, 0.2) is 40.7 Å². The third-order valence-corrected chi connectivity index (χ3v) is 4.58. The summed E-state index contributed by atoms with van der Waals surface area (Å²) in [5.41, 5.74) is 2.34. The summed E-state index contributed by atoms with van der Waals surface area (Å²) in [4.78, 5) is 9.16. The SMILES string of the molecule is CCNC(=NCC(C)COCc1ccccc1)NCCc1csc(C)n1. The summed E-state index contributed by atoms with van der Waals surface area (Å²) in [7, 11) is 0. The monoisotopic (exact) mass is 374 g/mol.